The van der Waals surface area contributed by atoms with E-state index < -0.39 is 5.60 Å². The summed E-state index contributed by atoms with van der Waals surface area (Å²) in [5.74, 6) is 3.53. The molecule has 1 fully saturated rings. The molecule has 1 saturated carbocycles. The standard InChI is InChI=1S/C11H18O/c1-4-10-5-7-11(12,8-6-10)9(2)3/h1,9-10,12H,5-8H2,2-3H3. The summed E-state index contributed by atoms with van der Waals surface area (Å²) in [6.07, 6.45) is 9.07. The highest BCUT2D eigenvalue weighted by Gasteiger charge is 2.35. The second-order valence-electron chi connectivity index (χ2n) is 4.20. The molecule has 1 aliphatic rings. The average Bonchev–Trinajstić information content (AvgIpc) is 2.06. The summed E-state index contributed by atoms with van der Waals surface area (Å²) >= 11 is 0. The lowest BCUT2D eigenvalue weighted by Gasteiger charge is -2.37. The first kappa shape index (κ1) is 9.61. The highest BCUT2D eigenvalue weighted by atomic mass is 16.3. The Morgan fingerprint density at radius 1 is 1.42 bits per heavy atom. The minimum Gasteiger partial charge on any atom is -0.390 e. The van der Waals surface area contributed by atoms with Gasteiger partial charge in [-0.15, -0.1) is 12.3 Å². The highest BCUT2D eigenvalue weighted by molar-refractivity contribution is 4.99. The fourth-order valence-corrected chi connectivity index (χ4v) is 1.86. The van der Waals surface area contributed by atoms with Crippen molar-refractivity contribution in [1.82, 2.24) is 0 Å². The molecule has 1 rings (SSSR count). The molecule has 12 heavy (non-hydrogen) atoms. The van der Waals surface area contributed by atoms with Gasteiger partial charge >= 0.3 is 0 Å². The van der Waals surface area contributed by atoms with Crippen molar-refractivity contribution in [2.24, 2.45) is 11.8 Å². The normalized spacial score (nSPS) is 36.4. The molecular formula is C11H18O. The second kappa shape index (κ2) is 3.49. The van der Waals surface area contributed by atoms with Gasteiger partial charge in [0.05, 0.1) is 5.60 Å². The van der Waals surface area contributed by atoms with Crippen LogP contribution in [0.25, 0.3) is 0 Å². The fraction of sp³-hybridized carbons (Fsp3) is 0.818. The van der Waals surface area contributed by atoms with Gasteiger partial charge in [-0.3, -0.25) is 0 Å². The molecule has 0 aromatic rings. The van der Waals surface area contributed by atoms with Crippen LogP contribution in [0.1, 0.15) is 39.5 Å². The van der Waals surface area contributed by atoms with E-state index in [0.29, 0.717) is 11.8 Å². The third kappa shape index (κ3) is 1.81. The lowest BCUT2D eigenvalue weighted by molar-refractivity contribution is -0.0428. The van der Waals surface area contributed by atoms with Crippen LogP contribution in [-0.2, 0) is 0 Å². The van der Waals surface area contributed by atoms with Crippen LogP contribution in [0.15, 0.2) is 0 Å². The number of rotatable bonds is 1. The highest BCUT2D eigenvalue weighted by Crippen LogP contribution is 2.36. The summed E-state index contributed by atoms with van der Waals surface area (Å²) in [6, 6.07) is 0. The van der Waals surface area contributed by atoms with Crippen LogP contribution in [0.5, 0.6) is 0 Å². The predicted molar refractivity (Wildman–Crippen MR) is 50.6 cm³/mol. The minimum absolute atomic E-state index is 0.358. The topological polar surface area (TPSA) is 20.2 Å². The molecule has 0 spiro atoms. The smallest absolute Gasteiger partial charge is 0.0671 e. The molecule has 0 aliphatic heterocycles. The maximum atomic E-state index is 10.1. The lowest BCUT2D eigenvalue weighted by atomic mass is 9.73. The van der Waals surface area contributed by atoms with E-state index in [1.807, 2.05) is 0 Å². The Kier molecular flexibility index (Phi) is 2.80. The largest absolute Gasteiger partial charge is 0.390 e. The lowest BCUT2D eigenvalue weighted by Crippen LogP contribution is -2.38. The van der Waals surface area contributed by atoms with E-state index in [0.717, 1.165) is 25.7 Å². The molecule has 0 atom stereocenters. The molecule has 1 N–H and O–H groups in total. The van der Waals surface area contributed by atoms with Crippen molar-refractivity contribution in [3.8, 4) is 12.3 Å². The van der Waals surface area contributed by atoms with Crippen molar-refractivity contribution in [2.75, 3.05) is 0 Å². The molecule has 0 aromatic heterocycles. The Balaban J connectivity index is 2.51. The van der Waals surface area contributed by atoms with Crippen molar-refractivity contribution < 1.29 is 5.11 Å². The summed E-state index contributed by atoms with van der Waals surface area (Å²) in [7, 11) is 0. The van der Waals surface area contributed by atoms with Gasteiger partial charge in [0, 0.05) is 5.92 Å². The van der Waals surface area contributed by atoms with E-state index in [2.05, 4.69) is 19.8 Å². The van der Waals surface area contributed by atoms with Crippen molar-refractivity contribution in [3.05, 3.63) is 0 Å². The van der Waals surface area contributed by atoms with Crippen molar-refractivity contribution in [2.45, 2.75) is 45.1 Å². The van der Waals surface area contributed by atoms with Crippen LogP contribution in [0, 0.1) is 24.2 Å². The molecule has 0 heterocycles. The summed E-state index contributed by atoms with van der Waals surface area (Å²) in [6.45, 7) is 4.16. The maximum absolute atomic E-state index is 10.1. The molecule has 1 heteroatoms. The van der Waals surface area contributed by atoms with Gasteiger partial charge in [0.25, 0.3) is 0 Å². The number of hydrogen-bond acceptors (Lipinski definition) is 1. The van der Waals surface area contributed by atoms with E-state index in [-0.39, 0.29) is 0 Å². The van der Waals surface area contributed by atoms with Crippen LogP contribution >= 0.6 is 0 Å². The first-order valence-electron chi connectivity index (χ1n) is 4.77. The molecule has 0 amide bonds. The van der Waals surface area contributed by atoms with E-state index in [1.165, 1.54) is 0 Å². The first-order valence-corrected chi connectivity index (χ1v) is 4.77. The van der Waals surface area contributed by atoms with Gasteiger partial charge in [-0.05, 0) is 31.6 Å². The van der Waals surface area contributed by atoms with E-state index in [9.17, 15) is 5.11 Å². The summed E-state index contributed by atoms with van der Waals surface area (Å²) < 4.78 is 0. The zero-order valence-corrected chi connectivity index (χ0v) is 8.01. The molecular weight excluding hydrogens is 148 g/mol. The molecule has 0 bridgehead atoms. The zero-order valence-electron chi connectivity index (χ0n) is 8.01. The summed E-state index contributed by atoms with van der Waals surface area (Å²) in [5, 5.41) is 10.1. The number of terminal acetylenes is 1. The molecule has 1 aliphatic carbocycles. The van der Waals surface area contributed by atoms with Gasteiger partial charge in [0.2, 0.25) is 0 Å². The first-order chi connectivity index (χ1) is 5.58. The molecule has 0 saturated heterocycles. The van der Waals surface area contributed by atoms with E-state index in [1.54, 1.807) is 0 Å². The summed E-state index contributed by atoms with van der Waals surface area (Å²) in [5.41, 5.74) is -0.437. The van der Waals surface area contributed by atoms with Crippen LogP contribution in [-0.4, -0.2) is 10.7 Å². The Labute approximate surface area is 75.2 Å². The Bertz CT molecular complexity index is 180. The fourth-order valence-electron chi connectivity index (χ4n) is 1.86. The van der Waals surface area contributed by atoms with Crippen molar-refractivity contribution >= 4 is 0 Å². The zero-order chi connectivity index (χ0) is 9.19. The quantitative estimate of drug-likeness (QED) is 0.592. The maximum Gasteiger partial charge on any atom is 0.0671 e. The van der Waals surface area contributed by atoms with Crippen LogP contribution in [0.2, 0.25) is 0 Å². The van der Waals surface area contributed by atoms with Crippen molar-refractivity contribution in [3.63, 3.8) is 0 Å². The Morgan fingerprint density at radius 3 is 2.25 bits per heavy atom. The van der Waals surface area contributed by atoms with Gasteiger partial charge in [-0.25, -0.2) is 0 Å². The average molecular weight is 166 g/mol. The SMILES string of the molecule is C#CC1CCC(O)(C(C)C)CC1. The second-order valence-corrected chi connectivity index (χ2v) is 4.20. The molecule has 0 aromatic carbocycles. The monoisotopic (exact) mass is 166 g/mol. The van der Waals surface area contributed by atoms with Crippen molar-refractivity contribution in [1.29, 1.82) is 0 Å². The molecule has 0 unspecified atom stereocenters. The van der Waals surface area contributed by atoms with Crippen LogP contribution in [0.4, 0.5) is 0 Å². The van der Waals surface area contributed by atoms with Gasteiger partial charge < -0.3 is 5.11 Å². The van der Waals surface area contributed by atoms with Crippen LogP contribution in [0.3, 0.4) is 0 Å². The molecule has 68 valence electrons. The van der Waals surface area contributed by atoms with Gasteiger partial charge in [0.1, 0.15) is 0 Å². The van der Waals surface area contributed by atoms with E-state index in [4.69, 9.17) is 6.42 Å². The van der Waals surface area contributed by atoms with Gasteiger partial charge in [-0.1, -0.05) is 13.8 Å². The van der Waals surface area contributed by atoms with E-state index >= 15 is 0 Å². The Hall–Kier alpha value is -0.480. The minimum atomic E-state index is -0.437. The van der Waals surface area contributed by atoms with Crippen LogP contribution < -0.4 is 0 Å². The number of aliphatic hydroxyl groups is 1. The predicted octanol–water partition coefficient (Wildman–Crippen LogP) is 2.20. The molecule has 0 radical (unpaired) electrons. The number of hydrogen-bond donors (Lipinski definition) is 1. The Morgan fingerprint density at radius 2 is 1.92 bits per heavy atom. The third-order valence-corrected chi connectivity index (χ3v) is 3.16. The van der Waals surface area contributed by atoms with Gasteiger partial charge in [0.15, 0.2) is 0 Å². The summed E-state index contributed by atoms with van der Waals surface area (Å²) in [4.78, 5) is 0. The molecule has 1 nitrogen and oxygen atoms in total. The van der Waals surface area contributed by atoms with Gasteiger partial charge in [-0.2, -0.15) is 0 Å². The third-order valence-electron chi connectivity index (χ3n) is 3.16.